The van der Waals surface area contributed by atoms with Gasteiger partial charge in [0.05, 0.1) is 23.7 Å². The Hall–Kier alpha value is -6.38. The molecule has 260 valence electrons. The normalized spacial score (nSPS) is 13.5. The third-order valence-corrected chi connectivity index (χ3v) is 10.7. The second kappa shape index (κ2) is 12.7. The van der Waals surface area contributed by atoms with Crippen LogP contribution in [0.5, 0.6) is 23.0 Å². The van der Waals surface area contributed by atoms with Gasteiger partial charge in [-0.05, 0) is 114 Å². The van der Waals surface area contributed by atoms with Crippen molar-refractivity contribution < 1.29 is 27.8 Å². The van der Waals surface area contributed by atoms with Crippen molar-refractivity contribution >= 4 is 67.3 Å². The number of aliphatic imine (C=N–C) groups is 2. The summed E-state index contributed by atoms with van der Waals surface area (Å²) in [7, 11) is 0. The van der Waals surface area contributed by atoms with Gasteiger partial charge in [-0.25, -0.2) is 9.98 Å². The summed E-state index contributed by atoms with van der Waals surface area (Å²) in [5.74, 6) is 2.85. The molecule has 12 nitrogen and oxygen atoms in total. The van der Waals surface area contributed by atoms with Crippen LogP contribution in [-0.4, -0.2) is 46.4 Å². The second-order valence-corrected chi connectivity index (χ2v) is 14.5. The van der Waals surface area contributed by atoms with Gasteiger partial charge in [0.1, 0.15) is 11.2 Å². The lowest BCUT2D eigenvalue weighted by atomic mass is 9.97. The zero-order valence-corrected chi connectivity index (χ0v) is 29.8. The highest BCUT2D eigenvalue weighted by Crippen LogP contribution is 2.40. The van der Waals surface area contributed by atoms with Crippen LogP contribution >= 0.6 is 22.7 Å². The van der Waals surface area contributed by atoms with Gasteiger partial charge in [0.25, 0.3) is 0 Å². The molecule has 0 radical (unpaired) electrons. The molecule has 2 aliphatic rings. The summed E-state index contributed by atoms with van der Waals surface area (Å²) >= 11 is 2.80. The van der Waals surface area contributed by atoms with Crippen molar-refractivity contribution in [2.24, 2.45) is 9.98 Å². The first-order valence-electron chi connectivity index (χ1n) is 16.6. The highest BCUT2D eigenvalue weighted by Gasteiger charge is 2.20. The number of ether oxygens (including phenoxy) is 4. The predicted molar refractivity (Wildman–Crippen MR) is 202 cm³/mol. The molecule has 8 aromatic rings. The molecule has 0 aliphatic carbocycles. The maximum absolute atomic E-state index is 6.06. The third-order valence-electron chi connectivity index (χ3n) is 8.99. The van der Waals surface area contributed by atoms with Crippen molar-refractivity contribution in [1.29, 1.82) is 0 Å². The van der Waals surface area contributed by atoms with E-state index in [0.717, 1.165) is 77.9 Å². The van der Waals surface area contributed by atoms with Crippen molar-refractivity contribution in [1.82, 2.24) is 20.4 Å². The largest absolute Gasteiger partial charge is 0.463 e. The molecule has 4 aromatic heterocycles. The van der Waals surface area contributed by atoms with Crippen molar-refractivity contribution in [2.75, 3.05) is 13.6 Å². The van der Waals surface area contributed by atoms with Crippen LogP contribution < -0.4 is 18.9 Å². The van der Waals surface area contributed by atoms with E-state index < -0.39 is 0 Å². The minimum Gasteiger partial charge on any atom is -0.463 e. The third kappa shape index (κ3) is 5.87. The van der Waals surface area contributed by atoms with Crippen molar-refractivity contribution in [3.63, 3.8) is 0 Å². The van der Waals surface area contributed by atoms with Crippen molar-refractivity contribution in [3.05, 3.63) is 107 Å². The minimum atomic E-state index is 0.221. The number of hydrogen-bond donors (Lipinski definition) is 0. The van der Waals surface area contributed by atoms with Gasteiger partial charge >= 0.3 is 0 Å². The zero-order chi connectivity index (χ0) is 35.5. The number of fused-ring (bicyclic) bond motifs is 4. The number of aryl methyl sites for hydroxylation is 2. The quantitative estimate of drug-likeness (QED) is 0.139. The SMILES string of the molecule is Cc1coc2c(-c3nnc(/N=C/c4ccc5c(c4)OCO5)s3)cc(Cc3cc(-c4nnc(/N=C/c5ccc6c(c5)OCO6)s4)c4occ(C)c4c3)cc12. The summed E-state index contributed by atoms with van der Waals surface area (Å²) < 4.78 is 33.9. The number of aromatic nitrogens is 4. The highest BCUT2D eigenvalue weighted by molar-refractivity contribution is 7.18. The fraction of sp³-hybridized carbons (Fsp3) is 0.128. The van der Waals surface area contributed by atoms with E-state index in [1.165, 1.54) is 22.7 Å². The van der Waals surface area contributed by atoms with Gasteiger partial charge in [-0.15, -0.1) is 20.4 Å². The van der Waals surface area contributed by atoms with Gasteiger partial charge in [0, 0.05) is 23.2 Å². The van der Waals surface area contributed by atoms with Crippen LogP contribution in [0.2, 0.25) is 0 Å². The number of hydrogen-bond acceptors (Lipinski definition) is 14. The van der Waals surface area contributed by atoms with E-state index in [1.807, 2.05) is 50.2 Å². The molecule has 0 amide bonds. The van der Waals surface area contributed by atoms with Gasteiger partial charge in [0.15, 0.2) is 33.0 Å². The summed E-state index contributed by atoms with van der Waals surface area (Å²) in [5, 5.41) is 22.3. The van der Waals surface area contributed by atoms with Crippen molar-refractivity contribution in [3.8, 4) is 44.1 Å². The van der Waals surface area contributed by atoms with Gasteiger partial charge < -0.3 is 27.8 Å². The molecule has 0 bridgehead atoms. The fourth-order valence-corrected chi connectivity index (χ4v) is 7.80. The number of nitrogens with zero attached hydrogens (tertiary/aromatic N) is 6. The van der Waals surface area contributed by atoms with Crippen LogP contribution in [0.25, 0.3) is 43.1 Å². The van der Waals surface area contributed by atoms with Crippen molar-refractivity contribution in [2.45, 2.75) is 20.3 Å². The fourth-order valence-electron chi connectivity index (χ4n) is 6.40. The van der Waals surface area contributed by atoms with E-state index in [4.69, 9.17) is 27.8 Å². The smallest absolute Gasteiger partial charge is 0.231 e. The Morgan fingerprint density at radius 3 is 1.55 bits per heavy atom. The molecule has 0 saturated heterocycles. The van der Waals surface area contributed by atoms with E-state index in [-0.39, 0.29) is 13.6 Å². The molecule has 0 spiro atoms. The minimum absolute atomic E-state index is 0.221. The van der Waals surface area contributed by atoms with Gasteiger partial charge in [-0.1, -0.05) is 22.7 Å². The summed E-state index contributed by atoms with van der Waals surface area (Å²) in [4.78, 5) is 9.18. The average molecular weight is 739 g/mol. The van der Waals surface area contributed by atoms with Crippen LogP contribution in [0.3, 0.4) is 0 Å². The Balaban J connectivity index is 0.956. The molecule has 4 aromatic carbocycles. The molecule has 0 fully saturated rings. The van der Waals surface area contributed by atoms with Gasteiger partial charge in [-0.3, -0.25) is 0 Å². The monoisotopic (exact) mass is 738 g/mol. The Bertz CT molecular complexity index is 2590. The summed E-state index contributed by atoms with van der Waals surface area (Å²) in [6, 6.07) is 20.0. The molecule has 14 heteroatoms. The van der Waals surface area contributed by atoms with Crippen LogP contribution in [0.15, 0.2) is 92.0 Å². The van der Waals surface area contributed by atoms with Crippen LogP contribution in [-0.2, 0) is 6.42 Å². The summed E-state index contributed by atoms with van der Waals surface area (Å²) in [5.41, 5.74) is 9.27. The van der Waals surface area contributed by atoms with Crippen LogP contribution in [0, 0.1) is 13.8 Å². The Morgan fingerprint density at radius 2 is 1.06 bits per heavy atom. The Kier molecular flexibility index (Phi) is 7.51. The first-order chi connectivity index (χ1) is 26.0. The number of benzene rings is 4. The first-order valence-corrected chi connectivity index (χ1v) is 18.2. The van der Waals surface area contributed by atoms with Gasteiger partial charge in [-0.2, -0.15) is 0 Å². The summed E-state index contributed by atoms with van der Waals surface area (Å²) in [6.07, 6.45) is 7.68. The maximum atomic E-state index is 6.06. The molecule has 0 unspecified atom stereocenters. The molecule has 0 saturated carbocycles. The highest BCUT2D eigenvalue weighted by atomic mass is 32.1. The lowest BCUT2D eigenvalue weighted by molar-refractivity contribution is 0.173. The zero-order valence-electron chi connectivity index (χ0n) is 28.2. The average Bonchev–Trinajstić information content (AvgIpc) is 4.03. The topological polar surface area (TPSA) is 139 Å². The van der Waals surface area contributed by atoms with E-state index >= 15 is 0 Å². The van der Waals surface area contributed by atoms with Crippen LogP contribution in [0.4, 0.5) is 10.3 Å². The number of rotatable bonds is 8. The number of furan rings is 2. The standard InChI is InChI=1S/C39H26N6O6S2/c1-20-16-46-34-26(20)8-24(10-28(34)36-42-44-38(52-36)40-14-22-3-5-30-32(12-22)50-18-48-30)7-25-9-27-21(2)17-47-35(27)29(11-25)37-43-45-39(53-37)41-15-23-4-6-31-33(13-23)51-19-49-31/h3-6,8-17H,7,18-19H2,1-2H3/b40-14+,41-15+. The molecular formula is C39H26N6O6S2. The Labute approximate surface area is 309 Å². The van der Waals surface area contributed by atoms with E-state index in [0.29, 0.717) is 38.2 Å². The molecule has 10 rings (SSSR count). The summed E-state index contributed by atoms with van der Waals surface area (Å²) in [6.45, 7) is 4.53. The molecule has 2 aliphatic heterocycles. The molecule has 0 atom stereocenters. The van der Waals surface area contributed by atoms with Crippen LogP contribution in [0.1, 0.15) is 33.4 Å². The Morgan fingerprint density at radius 1 is 0.585 bits per heavy atom. The van der Waals surface area contributed by atoms with E-state index in [1.54, 1.807) is 25.0 Å². The lowest BCUT2D eigenvalue weighted by Gasteiger charge is -2.08. The lowest BCUT2D eigenvalue weighted by Crippen LogP contribution is -1.92. The molecule has 53 heavy (non-hydrogen) atoms. The van der Waals surface area contributed by atoms with E-state index in [9.17, 15) is 0 Å². The maximum Gasteiger partial charge on any atom is 0.231 e. The predicted octanol–water partition coefficient (Wildman–Crippen LogP) is 9.38. The molecular weight excluding hydrogens is 713 g/mol. The van der Waals surface area contributed by atoms with E-state index in [2.05, 4.69) is 54.6 Å². The second-order valence-electron chi connectivity index (χ2n) is 12.6. The van der Waals surface area contributed by atoms with Gasteiger partial charge in [0.2, 0.25) is 23.8 Å². The molecule has 6 heterocycles. The molecule has 0 N–H and O–H groups in total. The first kappa shape index (κ1) is 31.4.